The molecule has 0 unspecified atom stereocenters. The third-order valence-corrected chi connectivity index (χ3v) is 3.80. The second kappa shape index (κ2) is 6.03. The molecule has 17 heavy (non-hydrogen) atoms. The van der Waals surface area contributed by atoms with Gasteiger partial charge in [-0.25, -0.2) is 0 Å². The lowest BCUT2D eigenvalue weighted by Crippen LogP contribution is -1.82. The quantitative estimate of drug-likeness (QED) is 0.578. The van der Waals surface area contributed by atoms with Crippen molar-refractivity contribution in [1.82, 2.24) is 0 Å². The predicted molar refractivity (Wildman–Crippen MR) is 75.9 cm³/mol. The summed E-state index contributed by atoms with van der Waals surface area (Å²) in [5.41, 5.74) is 1.26. The number of benzene rings is 2. The molecule has 0 aliphatic rings. The van der Waals surface area contributed by atoms with Gasteiger partial charge in [-0.05, 0) is 49.6 Å². The van der Waals surface area contributed by atoms with E-state index in [1.165, 1.54) is 22.5 Å². The number of hydrogen-bond donors (Lipinski definition) is 0. The molecule has 2 rings (SSSR count). The summed E-state index contributed by atoms with van der Waals surface area (Å²) in [5.74, 6) is 0.883. The zero-order valence-electron chi connectivity index (χ0n) is 9.84. The number of hydrogen-bond acceptors (Lipinski definition) is 3. The molecule has 0 heterocycles. The first-order valence-corrected chi connectivity index (χ1v) is 7.30. The Balaban J connectivity index is 1.95. The molecule has 3 heteroatoms. The summed E-state index contributed by atoms with van der Waals surface area (Å²) < 4.78 is 5.64. The summed E-state index contributed by atoms with van der Waals surface area (Å²) in [6.07, 6.45) is 2.07. The number of rotatable bonds is 4. The van der Waals surface area contributed by atoms with E-state index in [2.05, 4.69) is 49.6 Å². The predicted octanol–water partition coefficient (Wildman–Crippen LogP) is 4.80. The van der Waals surface area contributed by atoms with Crippen LogP contribution in [0.25, 0.3) is 0 Å². The molecule has 0 spiro atoms. The summed E-state index contributed by atoms with van der Waals surface area (Å²) in [4.78, 5) is 2.36. The summed E-state index contributed by atoms with van der Waals surface area (Å²) >= 11 is 3.12. The molecule has 0 aliphatic heterocycles. The van der Waals surface area contributed by atoms with Crippen molar-refractivity contribution in [3.63, 3.8) is 0 Å². The number of aryl methyl sites for hydroxylation is 1. The van der Waals surface area contributed by atoms with E-state index < -0.39 is 0 Å². The molecule has 0 aromatic heterocycles. The van der Waals surface area contributed by atoms with Crippen LogP contribution in [0.1, 0.15) is 5.56 Å². The van der Waals surface area contributed by atoms with Crippen LogP contribution < -0.4 is 4.18 Å². The van der Waals surface area contributed by atoms with Crippen LogP contribution in [0.15, 0.2) is 58.3 Å². The first-order chi connectivity index (χ1) is 8.28. The third-order valence-electron chi connectivity index (χ3n) is 2.31. The highest BCUT2D eigenvalue weighted by Crippen LogP contribution is 2.25. The Morgan fingerprint density at radius 2 is 1.41 bits per heavy atom. The first kappa shape index (κ1) is 12.4. The van der Waals surface area contributed by atoms with Crippen molar-refractivity contribution in [2.24, 2.45) is 0 Å². The second-order valence-corrected chi connectivity index (χ2v) is 5.34. The highest BCUT2D eigenvalue weighted by Gasteiger charge is 1.98. The van der Waals surface area contributed by atoms with Crippen LogP contribution in [-0.2, 0) is 0 Å². The Kier molecular flexibility index (Phi) is 4.40. The van der Waals surface area contributed by atoms with Gasteiger partial charge in [0.15, 0.2) is 0 Å². The lowest BCUT2D eigenvalue weighted by atomic mass is 10.2. The summed E-state index contributed by atoms with van der Waals surface area (Å²) in [6, 6.07) is 16.4. The van der Waals surface area contributed by atoms with Crippen LogP contribution in [0, 0.1) is 6.92 Å². The van der Waals surface area contributed by atoms with Gasteiger partial charge in [0.25, 0.3) is 0 Å². The first-order valence-electron chi connectivity index (χ1n) is 5.33. The van der Waals surface area contributed by atoms with E-state index in [1.54, 1.807) is 11.8 Å². The van der Waals surface area contributed by atoms with Crippen molar-refractivity contribution < 1.29 is 4.18 Å². The van der Waals surface area contributed by atoms with Crippen molar-refractivity contribution in [2.45, 2.75) is 16.7 Å². The smallest absolute Gasteiger partial charge is 0.137 e. The lowest BCUT2D eigenvalue weighted by molar-refractivity contribution is 0.645. The van der Waals surface area contributed by atoms with E-state index in [-0.39, 0.29) is 0 Å². The van der Waals surface area contributed by atoms with Crippen LogP contribution in [0.3, 0.4) is 0 Å². The van der Waals surface area contributed by atoms with Gasteiger partial charge in [0.1, 0.15) is 5.75 Å². The lowest BCUT2D eigenvalue weighted by Gasteiger charge is -2.04. The largest absolute Gasteiger partial charge is 0.421 e. The fourth-order valence-electron chi connectivity index (χ4n) is 1.32. The van der Waals surface area contributed by atoms with E-state index in [0.29, 0.717) is 0 Å². The maximum absolute atomic E-state index is 5.64. The van der Waals surface area contributed by atoms with E-state index in [1.807, 2.05) is 12.1 Å². The Morgan fingerprint density at radius 1 is 0.824 bits per heavy atom. The highest BCUT2D eigenvalue weighted by molar-refractivity contribution is 7.98. The topological polar surface area (TPSA) is 9.23 Å². The molecule has 0 N–H and O–H groups in total. The Hall–Kier alpha value is -1.06. The van der Waals surface area contributed by atoms with Crippen molar-refractivity contribution in [1.29, 1.82) is 0 Å². The molecular formula is C14H14OS2. The van der Waals surface area contributed by atoms with E-state index in [0.717, 1.165) is 10.6 Å². The standard InChI is InChI=1S/C14H14OS2/c1-11-3-7-14(8-4-11)17-15-12-5-9-13(16-2)10-6-12/h3-10H,1-2H3. The molecule has 0 radical (unpaired) electrons. The molecule has 1 nitrogen and oxygen atoms in total. The molecule has 0 saturated heterocycles. The minimum atomic E-state index is 0.883. The van der Waals surface area contributed by atoms with Gasteiger partial charge in [-0.3, -0.25) is 0 Å². The summed E-state index contributed by atoms with van der Waals surface area (Å²) in [5, 5.41) is 0. The van der Waals surface area contributed by atoms with Crippen molar-refractivity contribution >= 4 is 23.8 Å². The van der Waals surface area contributed by atoms with Gasteiger partial charge in [-0.2, -0.15) is 0 Å². The molecule has 0 bridgehead atoms. The van der Waals surface area contributed by atoms with Crippen LogP contribution >= 0.6 is 23.8 Å². The average Bonchev–Trinajstić information content (AvgIpc) is 2.39. The second-order valence-electron chi connectivity index (χ2n) is 3.66. The van der Waals surface area contributed by atoms with Gasteiger partial charge in [-0.15, -0.1) is 11.8 Å². The van der Waals surface area contributed by atoms with Crippen LogP contribution in [0.5, 0.6) is 5.75 Å². The monoisotopic (exact) mass is 262 g/mol. The van der Waals surface area contributed by atoms with Crippen LogP contribution in [0.4, 0.5) is 0 Å². The van der Waals surface area contributed by atoms with Gasteiger partial charge in [-0.1, -0.05) is 17.7 Å². The maximum atomic E-state index is 5.64. The summed E-state index contributed by atoms with van der Waals surface area (Å²) in [7, 11) is 0. The highest BCUT2D eigenvalue weighted by atomic mass is 32.2. The van der Waals surface area contributed by atoms with Gasteiger partial charge >= 0.3 is 0 Å². The normalized spacial score (nSPS) is 10.2. The molecule has 2 aromatic rings. The van der Waals surface area contributed by atoms with Crippen LogP contribution in [-0.4, -0.2) is 6.26 Å². The Labute approximate surface area is 111 Å². The van der Waals surface area contributed by atoms with Crippen molar-refractivity contribution in [3.8, 4) is 5.75 Å². The minimum absolute atomic E-state index is 0.883. The molecule has 0 aliphatic carbocycles. The van der Waals surface area contributed by atoms with E-state index in [4.69, 9.17) is 4.18 Å². The van der Waals surface area contributed by atoms with Gasteiger partial charge in [0, 0.05) is 9.79 Å². The molecular weight excluding hydrogens is 248 g/mol. The van der Waals surface area contributed by atoms with Crippen molar-refractivity contribution in [3.05, 3.63) is 54.1 Å². The SMILES string of the molecule is CSc1ccc(OSc2ccc(C)cc2)cc1. The molecule has 0 atom stereocenters. The zero-order valence-corrected chi connectivity index (χ0v) is 11.5. The molecule has 0 amide bonds. The van der Waals surface area contributed by atoms with Gasteiger partial charge in [0.05, 0.1) is 12.0 Å². The fourth-order valence-corrected chi connectivity index (χ4v) is 2.28. The fraction of sp³-hybridized carbons (Fsp3) is 0.143. The summed E-state index contributed by atoms with van der Waals surface area (Å²) in [6.45, 7) is 2.08. The molecule has 2 aromatic carbocycles. The number of thioether (sulfide) groups is 1. The molecule has 0 fully saturated rings. The zero-order chi connectivity index (χ0) is 12.1. The third kappa shape index (κ3) is 3.72. The Morgan fingerprint density at radius 3 is 2.00 bits per heavy atom. The van der Waals surface area contributed by atoms with E-state index >= 15 is 0 Å². The molecule has 0 saturated carbocycles. The molecule has 88 valence electrons. The van der Waals surface area contributed by atoms with E-state index in [9.17, 15) is 0 Å². The minimum Gasteiger partial charge on any atom is -0.421 e. The van der Waals surface area contributed by atoms with Gasteiger partial charge < -0.3 is 4.18 Å². The van der Waals surface area contributed by atoms with Gasteiger partial charge in [0.2, 0.25) is 0 Å². The van der Waals surface area contributed by atoms with Crippen molar-refractivity contribution in [2.75, 3.05) is 6.26 Å². The Bertz CT molecular complexity index is 463. The average molecular weight is 262 g/mol. The maximum Gasteiger partial charge on any atom is 0.137 e. The van der Waals surface area contributed by atoms with Crippen LogP contribution in [0.2, 0.25) is 0 Å².